The molecule has 0 spiro atoms. The highest BCUT2D eigenvalue weighted by atomic mass is 16.3. The number of benzene rings is 2. The van der Waals surface area contributed by atoms with Gasteiger partial charge in [-0.25, -0.2) is 5.43 Å². The minimum Gasteiger partial charge on any atom is -0.508 e. The van der Waals surface area contributed by atoms with E-state index < -0.39 is 5.91 Å². The normalized spacial score (nSPS) is 13.8. The SMILES string of the molecule is O=C(N/N=C/c1c(O)ccc2oc3c(c12)CCCC3)c1ccc(O)cc1O. The van der Waals surface area contributed by atoms with E-state index >= 15 is 0 Å². The van der Waals surface area contributed by atoms with Gasteiger partial charge < -0.3 is 19.7 Å². The number of fused-ring (bicyclic) bond motifs is 3. The van der Waals surface area contributed by atoms with Gasteiger partial charge >= 0.3 is 0 Å². The van der Waals surface area contributed by atoms with E-state index in [4.69, 9.17) is 4.42 Å². The molecule has 1 amide bonds. The van der Waals surface area contributed by atoms with Gasteiger partial charge in [0.2, 0.25) is 0 Å². The standard InChI is InChI=1S/C20H18N2O5/c23-11-5-6-12(16(25)9-11)20(26)22-21-10-14-15(24)7-8-18-19(14)13-3-1-2-4-17(13)27-18/h5-10,23-25H,1-4H2,(H,22,26)/b21-10+. The van der Waals surface area contributed by atoms with Crippen LogP contribution in [0.2, 0.25) is 0 Å². The number of hydrogen-bond donors (Lipinski definition) is 4. The van der Waals surface area contributed by atoms with E-state index in [-0.39, 0.29) is 22.8 Å². The molecule has 0 radical (unpaired) electrons. The number of phenolic OH excluding ortho intramolecular Hbond substituents is 3. The molecule has 4 N–H and O–H groups in total. The molecular weight excluding hydrogens is 348 g/mol. The Kier molecular flexibility index (Phi) is 4.19. The minimum absolute atomic E-state index is 0.0203. The second-order valence-corrected chi connectivity index (χ2v) is 6.48. The van der Waals surface area contributed by atoms with Crippen LogP contribution in [-0.2, 0) is 12.8 Å². The van der Waals surface area contributed by atoms with E-state index in [0.717, 1.165) is 48.5 Å². The van der Waals surface area contributed by atoms with Crippen molar-refractivity contribution in [2.75, 3.05) is 0 Å². The summed E-state index contributed by atoms with van der Waals surface area (Å²) in [6.07, 6.45) is 5.26. The highest BCUT2D eigenvalue weighted by molar-refractivity contribution is 6.04. The minimum atomic E-state index is -0.635. The number of nitrogens with zero attached hydrogens (tertiary/aromatic N) is 1. The topological polar surface area (TPSA) is 115 Å². The molecule has 0 atom stereocenters. The first-order chi connectivity index (χ1) is 13.0. The number of hydrazone groups is 1. The molecule has 1 heterocycles. The summed E-state index contributed by atoms with van der Waals surface area (Å²) in [6.45, 7) is 0. The van der Waals surface area contributed by atoms with E-state index in [1.54, 1.807) is 6.07 Å². The number of carbonyl (C=O) groups excluding carboxylic acids is 1. The van der Waals surface area contributed by atoms with Gasteiger partial charge in [0, 0.05) is 29.0 Å². The fourth-order valence-corrected chi connectivity index (χ4v) is 3.43. The van der Waals surface area contributed by atoms with Crippen LogP contribution in [0.4, 0.5) is 0 Å². The van der Waals surface area contributed by atoms with Gasteiger partial charge in [-0.15, -0.1) is 0 Å². The Morgan fingerprint density at radius 3 is 2.70 bits per heavy atom. The Morgan fingerprint density at radius 2 is 1.89 bits per heavy atom. The van der Waals surface area contributed by atoms with Crippen LogP contribution < -0.4 is 5.43 Å². The number of carbonyl (C=O) groups is 1. The molecule has 1 aromatic heterocycles. The van der Waals surface area contributed by atoms with Gasteiger partial charge in [0.05, 0.1) is 11.8 Å². The quantitative estimate of drug-likeness (QED) is 0.420. The van der Waals surface area contributed by atoms with Crippen LogP contribution in [0.5, 0.6) is 17.2 Å². The Hall–Kier alpha value is -3.48. The number of hydrogen-bond acceptors (Lipinski definition) is 6. The summed E-state index contributed by atoms with van der Waals surface area (Å²) < 4.78 is 5.89. The van der Waals surface area contributed by atoms with Crippen LogP contribution in [0.1, 0.15) is 40.1 Å². The number of rotatable bonds is 3. The van der Waals surface area contributed by atoms with Crippen LogP contribution in [0.3, 0.4) is 0 Å². The van der Waals surface area contributed by atoms with Crippen LogP contribution in [0, 0.1) is 0 Å². The maximum Gasteiger partial charge on any atom is 0.275 e. The third-order valence-corrected chi connectivity index (χ3v) is 4.72. The maximum absolute atomic E-state index is 12.2. The van der Waals surface area contributed by atoms with E-state index in [0.29, 0.717) is 11.1 Å². The van der Waals surface area contributed by atoms with Crippen LogP contribution in [-0.4, -0.2) is 27.4 Å². The molecule has 1 aliphatic carbocycles. The van der Waals surface area contributed by atoms with Crippen molar-refractivity contribution in [1.82, 2.24) is 5.43 Å². The van der Waals surface area contributed by atoms with Gasteiger partial charge in [0.25, 0.3) is 5.91 Å². The Morgan fingerprint density at radius 1 is 1.07 bits per heavy atom. The molecule has 0 saturated heterocycles. The molecule has 138 valence electrons. The fraction of sp³-hybridized carbons (Fsp3) is 0.200. The van der Waals surface area contributed by atoms with Crippen molar-refractivity contribution in [2.24, 2.45) is 5.10 Å². The third-order valence-electron chi connectivity index (χ3n) is 4.72. The van der Waals surface area contributed by atoms with Gasteiger partial charge in [-0.05, 0) is 43.5 Å². The second kappa shape index (κ2) is 6.68. The molecule has 0 unspecified atom stereocenters. The molecule has 4 rings (SSSR count). The zero-order valence-corrected chi connectivity index (χ0v) is 14.4. The molecule has 1 aliphatic rings. The summed E-state index contributed by atoms with van der Waals surface area (Å²) in [5.74, 6) is -0.147. The maximum atomic E-state index is 12.2. The average molecular weight is 366 g/mol. The lowest BCUT2D eigenvalue weighted by Gasteiger charge is -2.09. The van der Waals surface area contributed by atoms with Gasteiger partial charge in [-0.1, -0.05) is 0 Å². The number of aryl methyl sites for hydroxylation is 2. The number of aromatic hydroxyl groups is 3. The number of amides is 1. The Labute approximate surface area is 154 Å². The zero-order chi connectivity index (χ0) is 19.0. The zero-order valence-electron chi connectivity index (χ0n) is 14.4. The molecule has 0 aliphatic heterocycles. The first kappa shape index (κ1) is 17.0. The smallest absolute Gasteiger partial charge is 0.275 e. The average Bonchev–Trinajstić information content (AvgIpc) is 3.02. The summed E-state index contributed by atoms with van der Waals surface area (Å²) in [5, 5.41) is 34.0. The van der Waals surface area contributed by atoms with Crippen molar-refractivity contribution >= 4 is 23.1 Å². The highest BCUT2D eigenvalue weighted by Crippen LogP contribution is 2.36. The van der Waals surface area contributed by atoms with Crippen molar-refractivity contribution in [3.63, 3.8) is 0 Å². The first-order valence-corrected chi connectivity index (χ1v) is 8.66. The summed E-state index contributed by atoms with van der Waals surface area (Å²) in [5.41, 5.74) is 4.54. The number of phenols is 3. The Bertz CT molecular complexity index is 1070. The predicted octanol–water partition coefficient (Wildman–Crippen LogP) is 3.19. The third kappa shape index (κ3) is 3.08. The highest BCUT2D eigenvalue weighted by Gasteiger charge is 2.21. The molecule has 2 aromatic carbocycles. The summed E-state index contributed by atoms with van der Waals surface area (Å²) in [4.78, 5) is 12.2. The van der Waals surface area contributed by atoms with Crippen molar-refractivity contribution < 1.29 is 24.5 Å². The summed E-state index contributed by atoms with van der Waals surface area (Å²) in [6, 6.07) is 6.92. The monoisotopic (exact) mass is 366 g/mol. The molecule has 7 heteroatoms. The largest absolute Gasteiger partial charge is 0.508 e. The van der Waals surface area contributed by atoms with E-state index in [1.807, 2.05) is 0 Å². The van der Waals surface area contributed by atoms with Gasteiger partial charge in [-0.3, -0.25) is 4.79 Å². The lowest BCUT2D eigenvalue weighted by Crippen LogP contribution is -2.17. The first-order valence-electron chi connectivity index (χ1n) is 8.66. The van der Waals surface area contributed by atoms with Crippen molar-refractivity contribution in [1.29, 1.82) is 0 Å². The van der Waals surface area contributed by atoms with E-state index in [1.165, 1.54) is 24.4 Å². The Balaban J connectivity index is 1.64. The lowest BCUT2D eigenvalue weighted by molar-refractivity contribution is 0.0952. The lowest BCUT2D eigenvalue weighted by atomic mass is 9.94. The predicted molar refractivity (Wildman–Crippen MR) is 99.4 cm³/mol. The number of nitrogens with one attached hydrogen (secondary N) is 1. The molecular formula is C20H18N2O5. The van der Waals surface area contributed by atoms with E-state index in [9.17, 15) is 20.1 Å². The van der Waals surface area contributed by atoms with E-state index in [2.05, 4.69) is 10.5 Å². The van der Waals surface area contributed by atoms with Gasteiger partial charge in [0.1, 0.15) is 28.6 Å². The van der Waals surface area contributed by atoms with Crippen LogP contribution in [0.25, 0.3) is 11.0 Å². The van der Waals surface area contributed by atoms with Crippen LogP contribution in [0.15, 0.2) is 39.9 Å². The van der Waals surface area contributed by atoms with Crippen molar-refractivity contribution in [3.05, 3.63) is 52.8 Å². The fourth-order valence-electron chi connectivity index (χ4n) is 3.43. The summed E-state index contributed by atoms with van der Waals surface area (Å²) in [7, 11) is 0. The number of furan rings is 1. The molecule has 0 saturated carbocycles. The van der Waals surface area contributed by atoms with Crippen molar-refractivity contribution in [3.8, 4) is 17.2 Å². The van der Waals surface area contributed by atoms with Gasteiger partial charge in [-0.2, -0.15) is 5.10 Å². The molecule has 3 aromatic rings. The van der Waals surface area contributed by atoms with Crippen LogP contribution >= 0.6 is 0 Å². The second-order valence-electron chi connectivity index (χ2n) is 6.48. The molecule has 7 nitrogen and oxygen atoms in total. The summed E-state index contributed by atoms with van der Waals surface area (Å²) >= 11 is 0. The van der Waals surface area contributed by atoms with Gasteiger partial charge in [0.15, 0.2) is 0 Å². The molecule has 27 heavy (non-hydrogen) atoms. The molecule has 0 fully saturated rings. The van der Waals surface area contributed by atoms with Crippen molar-refractivity contribution in [2.45, 2.75) is 25.7 Å². The molecule has 0 bridgehead atoms.